The quantitative estimate of drug-likeness (QED) is 0.858. The van der Waals surface area contributed by atoms with E-state index in [0.29, 0.717) is 21.7 Å². The normalized spacial score (nSPS) is 14.1. The molecule has 0 N–H and O–H groups in total. The smallest absolute Gasteiger partial charge is 0.243 e. The number of thioether (sulfide) groups is 1. The zero-order chi connectivity index (χ0) is 17.4. The number of allylic oxidation sites excluding steroid dienone is 1. The van der Waals surface area contributed by atoms with E-state index >= 15 is 0 Å². The summed E-state index contributed by atoms with van der Waals surface area (Å²) in [5.74, 6) is 0.0934. The number of carbonyl (C=O) groups is 2. The summed E-state index contributed by atoms with van der Waals surface area (Å²) in [6, 6.07) is 7.93. The monoisotopic (exact) mass is 342 g/mol. The molecule has 0 spiro atoms. The number of ketones is 1. The highest BCUT2D eigenvalue weighted by molar-refractivity contribution is 8.04. The lowest BCUT2D eigenvalue weighted by Crippen LogP contribution is -2.40. The van der Waals surface area contributed by atoms with Crippen molar-refractivity contribution >= 4 is 29.1 Å². The molecule has 1 amide bonds. The number of carbonyl (C=O) groups excluding carboxylic acids is 2. The molecule has 1 aliphatic rings. The Hall–Kier alpha value is -2.41. The first-order valence-electron chi connectivity index (χ1n) is 7.64. The molecule has 3 rings (SSSR count). The first-order valence-corrected chi connectivity index (χ1v) is 8.46. The number of nitrogens with zero attached hydrogens (tertiary/aromatic N) is 4. The average molecular weight is 342 g/mol. The minimum atomic E-state index is -0.210. The number of benzene rings is 1. The van der Waals surface area contributed by atoms with Crippen molar-refractivity contribution in [1.82, 2.24) is 14.9 Å². The van der Waals surface area contributed by atoms with Crippen molar-refractivity contribution < 1.29 is 9.59 Å². The molecule has 124 valence electrons. The van der Waals surface area contributed by atoms with Gasteiger partial charge in [-0.2, -0.15) is 0 Å². The summed E-state index contributed by atoms with van der Waals surface area (Å²) in [4.78, 5) is 25.0. The topological polar surface area (TPSA) is 68.1 Å². The van der Waals surface area contributed by atoms with Crippen LogP contribution in [0.2, 0.25) is 0 Å². The predicted octanol–water partition coefficient (Wildman–Crippen LogP) is 2.95. The van der Waals surface area contributed by atoms with Crippen LogP contribution < -0.4 is 5.01 Å². The molecule has 0 unspecified atom stereocenters. The molecular weight excluding hydrogens is 324 g/mol. The van der Waals surface area contributed by atoms with Crippen molar-refractivity contribution in [3.05, 3.63) is 46.6 Å². The third-order valence-electron chi connectivity index (χ3n) is 3.80. The zero-order valence-corrected chi connectivity index (χ0v) is 14.8. The Balaban J connectivity index is 2.18. The fraction of sp³-hybridized carbons (Fsp3) is 0.294. The third kappa shape index (κ3) is 2.75. The zero-order valence-electron chi connectivity index (χ0n) is 14.0. The van der Waals surface area contributed by atoms with Crippen LogP contribution in [-0.4, -0.2) is 26.6 Å². The Morgan fingerprint density at radius 1 is 1.12 bits per heavy atom. The lowest BCUT2D eigenvalue weighted by Gasteiger charge is -2.31. The summed E-state index contributed by atoms with van der Waals surface area (Å²) >= 11 is 1.23. The second-order valence-electron chi connectivity index (χ2n) is 5.90. The number of hydrogen-bond donors (Lipinski definition) is 0. The molecule has 1 aromatic carbocycles. The highest BCUT2D eigenvalue weighted by Crippen LogP contribution is 2.39. The van der Waals surface area contributed by atoms with Gasteiger partial charge in [-0.1, -0.05) is 38.1 Å². The van der Waals surface area contributed by atoms with Crippen LogP contribution in [0.4, 0.5) is 0 Å². The molecule has 0 radical (unpaired) electrons. The molecule has 0 atom stereocenters. The summed E-state index contributed by atoms with van der Waals surface area (Å²) in [6.45, 7) is 7.20. The van der Waals surface area contributed by atoms with Crippen LogP contribution in [-0.2, 0) is 9.59 Å². The van der Waals surface area contributed by atoms with Crippen LogP contribution in [0.15, 0.2) is 40.7 Å². The minimum absolute atomic E-state index is 0.108. The van der Waals surface area contributed by atoms with E-state index in [0.717, 1.165) is 5.56 Å². The molecule has 0 saturated carbocycles. The number of amides is 1. The van der Waals surface area contributed by atoms with E-state index in [1.54, 1.807) is 4.68 Å². The molecule has 0 fully saturated rings. The summed E-state index contributed by atoms with van der Waals surface area (Å²) in [7, 11) is 0. The molecule has 1 aliphatic heterocycles. The fourth-order valence-corrected chi connectivity index (χ4v) is 3.53. The molecule has 7 heteroatoms. The maximum absolute atomic E-state index is 12.3. The molecule has 2 aromatic rings. The second-order valence-corrected chi connectivity index (χ2v) is 6.88. The molecule has 0 saturated heterocycles. The van der Waals surface area contributed by atoms with Gasteiger partial charge in [-0.05, 0) is 30.2 Å². The Morgan fingerprint density at radius 2 is 1.79 bits per heavy atom. The molecule has 6 nitrogen and oxygen atoms in total. The number of hydrogen-bond acceptors (Lipinski definition) is 5. The van der Waals surface area contributed by atoms with Crippen molar-refractivity contribution in [2.45, 2.75) is 38.8 Å². The Labute approximate surface area is 144 Å². The summed E-state index contributed by atoms with van der Waals surface area (Å²) in [6.07, 6.45) is 1.48. The van der Waals surface area contributed by atoms with Crippen LogP contribution in [0, 0.1) is 0 Å². The van der Waals surface area contributed by atoms with Gasteiger partial charge in [0, 0.05) is 12.5 Å². The average Bonchev–Trinajstić information content (AvgIpc) is 3.00. The van der Waals surface area contributed by atoms with Gasteiger partial charge in [0.25, 0.3) is 0 Å². The number of Topliss-reactive ketones (excluding diaryl/α,β-unsaturated/α-hetero) is 1. The van der Waals surface area contributed by atoms with Gasteiger partial charge in [0.1, 0.15) is 6.33 Å². The second kappa shape index (κ2) is 6.24. The van der Waals surface area contributed by atoms with Gasteiger partial charge in [0.15, 0.2) is 5.78 Å². The highest BCUT2D eigenvalue weighted by Gasteiger charge is 2.32. The molecule has 0 bridgehead atoms. The fourth-order valence-electron chi connectivity index (χ4n) is 2.59. The summed E-state index contributed by atoms with van der Waals surface area (Å²) in [5.41, 5.74) is 2.58. The number of aromatic nitrogens is 3. The maximum Gasteiger partial charge on any atom is 0.243 e. The Morgan fingerprint density at radius 3 is 2.33 bits per heavy atom. The van der Waals surface area contributed by atoms with Gasteiger partial charge >= 0.3 is 0 Å². The molecule has 24 heavy (non-hydrogen) atoms. The van der Waals surface area contributed by atoms with E-state index in [2.05, 4.69) is 24.0 Å². The van der Waals surface area contributed by atoms with Crippen molar-refractivity contribution in [3.8, 4) is 0 Å². The van der Waals surface area contributed by atoms with Gasteiger partial charge in [-0.3, -0.25) is 9.59 Å². The first-order chi connectivity index (χ1) is 11.4. The van der Waals surface area contributed by atoms with Crippen LogP contribution in [0.25, 0.3) is 5.70 Å². The SMILES string of the molecule is CC(=O)C1=C(c2ccc(C(C)C)cc2)N(C(C)=O)n2cnnc2S1. The van der Waals surface area contributed by atoms with Gasteiger partial charge in [0.05, 0.1) is 10.6 Å². The summed E-state index contributed by atoms with van der Waals surface area (Å²) < 4.78 is 1.57. The van der Waals surface area contributed by atoms with Gasteiger partial charge in [-0.15, -0.1) is 10.2 Å². The van der Waals surface area contributed by atoms with E-state index in [1.807, 2.05) is 24.3 Å². The number of fused-ring (bicyclic) bond motifs is 1. The van der Waals surface area contributed by atoms with Gasteiger partial charge in [0.2, 0.25) is 11.1 Å². The van der Waals surface area contributed by atoms with E-state index in [9.17, 15) is 9.59 Å². The van der Waals surface area contributed by atoms with Crippen LogP contribution >= 0.6 is 11.8 Å². The molecule has 2 heterocycles. The Bertz CT molecular complexity index is 837. The van der Waals surface area contributed by atoms with Crippen LogP contribution in [0.5, 0.6) is 0 Å². The van der Waals surface area contributed by atoms with Crippen molar-refractivity contribution in [2.75, 3.05) is 5.01 Å². The summed E-state index contributed by atoms with van der Waals surface area (Å²) in [5, 5.41) is 9.79. The Kier molecular flexibility index (Phi) is 4.28. The largest absolute Gasteiger partial charge is 0.294 e. The molecule has 1 aromatic heterocycles. The lowest BCUT2D eigenvalue weighted by atomic mass is 10.0. The molecular formula is C17H18N4O2S. The van der Waals surface area contributed by atoms with Crippen molar-refractivity contribution in [1.29, 1.82) is 0 Å². The maximum atomic E-state index is 12.3. The van der Waals surface area contributed by atoms with E-state index in [4.69, 9.17) is 0 Å². The van der Waals surface area contributed by atoms with Crippen LogP contribution in [0.3, 0.4) is 0 Å². The number of rotatable bonds is 3. The lowest BCUT2D eigenvalue weighted by molar-refractivity contribution is -0.117. The predicted molar refractivity (Wildman–Crippen MR) is 92.9 cm³/mol. The highest BCUT2D eigenvalue weighted by atomic mass is 32.2. The van der Waals surface area contributed by atoms with Crippen molar-refractivity contribution in [2.24, 2.45) is 0 Å². The van der Waals surface area contributed by atoms with E-state index in [1.165, 1.54) is 42.5 Å². The van der Waals surface area contributed by atoms with E-state index in [-0.39, 0.29) is 11.7 Å². The van der Waals surface area contributed by atoms with E-state index < -0.39 is 0 Å². The van der Waals surface area contributed by atoms with Gasteiger partial charge in [-0.25, -0.2) is 9.69 Å². The third-order valence-corrected chi connectivity index (χ3v) is 4.94. The van der Waals surface area contributed by atoms with Gasteiger partial charge < -0.3 is 0 Å². The standard InChI is InChI=1S/C17H18N4O2S/c1-10(2)13-5-7-14(8-6-13)15-16(11(3)22)24-17-19-18-9-20(17)21(15)12(4)23/h5-10H,1-4H3. The van der Waals surface area contributed by atoms with Crippen molar-refractivity contribution in [3.63, 3.8) is 0 Å². The molecule has 0 aliphatic carbocycles. The first kappa shape index (κ1) is 16.4. The minimum Gasteiger partial charge on any atom is -0.294 e. The van der Waals surface area contributed by atoms with Crippen LogP contribution in [0.1, 0.15) is 44.7 Å².